The number of benzene rings is 2. The minimum Gasteiger partial charge on any atom is -0.540 e. The van der Waals surface area contributed by atoms with E-state index in [-0.39, 0.29) is 45.7 Å². The zero-order chi connectivity index (χ0) is 31.8. The molecule has 0 aliphatic carbocycles. The molecule has 1 radical (unpaired) electrons. The topological polar surface area (TPSA) is 113 Å². The van der Waals surface area contributed by atoms with Gasteiger partial charge in [0.1, 0.15) is 19.0 Å². The van der Waals surface area contributed by atoms with Crippen LogP contribution in [-0.2, 0) is 39.2 Å². The molecule has 10 heteroatoms. The van der Waals surface area contributed by atoms with E-state index < -0.39 is 22.8 Å². The molecule has 3 aromatic rings. The van der Waals surface area contributed by atoms with Gasteiger partial charge in [-0.15, -0.1) is 29.8 Å². The van der Waals surface area contributed by atoms with Gasteiger partial charge in [-0.05, 0) is 84.1 Å². The molecule has 0 aliphatic heterocycles. The standard InChI is InChI=1S/C34H42N3O6.Ir/c1-23(21-35)13-14-34(6,22-33(4,5)31(38)41-8)32(39)43-18-17-42-28-19-24(2)29(25(3)20-28)37-16-15-36-30(37)26-9-11-27(40-7)12-10-26;/h9,11-12,15-16,19-20,23H,13-14,17-18,22H2,1-8H3;/q-1;. The van der Waals surface area contributed by atoms with E-state index in [1.165, 1.54) is 7.11 Å². The first-order chi connectivity index (χ1) is 20.3. The monoisotopic (exact) mass is 781 g/mol. The fourth-order valence-electron chi connectivity index (χ4n) is 5.39. The number of hydrogen-bond donors (Lipinski definition) is 0. The van der Waals surface area contributed by atoms with Crippen LogP contribution in [0, 0.1) is 48.0 Å². The van der Waals surface area contributed by atoms with Crippen molar-refractivity contribution in [3.63, 3.8) is 0 Å². The van der Waals surface area contributed by atoms with Crippen LogP contribution in [-0.4, -0.2) is 48.9 Å². The Morgan fingerprint density at radius 1 is 1.07 bits per heavy atom. The fourth-order valence-corrected chi connectivity index (χ4v) is 5.39. The van der Waals surface area contributed by atoms with Crippen LogP contribution in [0.1, 0.15) is 58.1 Å². The maximum Gasteiger partial charge on any atom is 0.311 e. The third-order valence-electron chi connectivity index (χ3n) is 7.60. The predicted molar refractivity (Wildman–Crippen MR) is 163 cm³/mol. The van der Waals surface area contributed by atoms with Gasteiger partial charge in [-0.1, -0.05) is 0 Å². The van der Waals surface area contributed by atoms with Gasteiger partial charge in [-0.25, -0.2) is 0 Å². The number of nitriles is 1. The summed E-state index contributed by atoms with van der Waals surface area (Å²) in [4.78, 5) is 30.2. The normalized spacial score (nSPS) is 13.1. The van der Waals surface area contributed by atoms with Crippen molar-refractivity contribution in [3.8, 4) is 34.6 Å². The van der Waals surface area contributed by atoms with Gasteiger partial charge in [-0.2, -0.15) is 5.26 Å². The summed E-state index contributed by atoms with van der Waals surface area (Å²) < 4.78 is 23.9. The zero-order valence-electron chi connectivity index (χ0n) is 26.8. The Morgan fingerprint density at radius 3 is 2.32 bits per heavy atom. The van der Waals surface area contributed by atoms with Gasteiger partial charge < -0.3 is 23.5 Å². The molecular formula is C34H42IrN3O6-. The average Bonchev–Trinajstić information content (AvgIpc) is 3.46. The number of hydrogen-bond acceptors (Lipinski definition) is 8. The summed E-state index contributed by atoms with van der Waals surface area (Å²) in [7, 11) is 2.95. The molecule has 0 fully saturated rings. The summed E-state index contributed by atoms with van der Waals surface area (Å²) in [5, 5.41) is 9.24. The van der Waals surface area contributed by atoms with Gasteiger partial charge in [0, 0.05) is 49.9 Å². The molecule has 0 saturated carbocycles. The third kappa shape index (κ3) is 8.93. The number of imidazole rings is 1. The number of carbonyl (C=O) groups is 2. The molecule has 2 unspecified atom stereocenters. The second-order valence-electron chi connectivity index (χ2n) is 11.8. The summed E-state index contributed by atoms with van der Waals surface area (Å²) in [5.74, 6) is 1.09. The largest absolute Gasteiger partial charge is 0.540 e. The number of esters is 2. The summed E-state index contributed by atoms with van der Waals surface area (Å²) in [6, 6.07) is 14.9. The molecule has 44 heavy (non-hydrogen) atoms. The Hall–Kier alpha value is -3.67. The van der Waals surface area contributed by atoms with Gasteiger partial charge in [0.2, 0.25) is 0 Å². The molecule has 2 atom stereocenters. The van der Waals surface area contributed by atoms with E-state index in [9.17, 15) is 14.9 Å². The summed E-state index contributed by atoms with van der Waals surface area (Å²) in [6.45, 7) is 11.3. The molecule has 1 heterocycles. The third-order valence-corrected chi connectivity index (χ3v) is 7.60. The van der Waals surface area contributed by atoms with Crippen LogP contribution in [0.15, 0.2) is 42.7 Å². The van der Waals surface area contributed by atoms with E-state index in [0.717, 1.165) is 34.0 Å². The van der Waals surface area contributed by atoms with Crippen LogP contribution in [0.3, 0.4) is 0 Å². The fraction of sp³-hybridized carbons (Fsp3) is 0.471. The Bertz CT molecular complexity index is 1440. The first-order valence-corrected chi connectivity index (χ1v) is 14.3. The zero-order valence-corrected chi connectivity index (χ0v) is 29.2. The molecule has 0 saturated heterocycles. The summed E-state index contributed by atoms with van der Waals surface area (Å²) in [5.41, 5.74) is 1.95. The minimum atomic E-state index is -0.971. The van der Waals surface area contributed by atoms with Crippen molar-refractivity contribution >= 4 is 11.9 Å². The quantitative estimate of drug-likeness (QED) is 0.105. The van der Waals surface area contributed by atoms with Crippen molar-refractivity contribution in [1.29, 1.82) is 5.26 Å². The molecule has 0 N–H and O–H groups in total. The second kappa shape index (κ2) is 15.9. The van der Waals surface area contributed by atoms with Crippen LogP contribution in [0.2, 0.25) is 0 Å². The Morgan fingerprint density at radius 2 is 1.75 bits per heavy atom. The molecule has 2 aromatic carbocycles. The Labute approximate surface area is 274 Å². The predicted octanol–water partition coefficient (Wildman–Crippen LogP) is 6.42. The number of ether oxygens (including phenoxy) is 4. The van der Waals surface area contributed by atoms with Crippen LogP contribution in [0.5, 0.6) is 11.5 Å². The van der Waals surface area contributed by atoms with E-state index in [1.54, 1.807) is 40.1 Å². The number of rotatable bonds is 14. The Balaban J connectivity index is 0.00000675. The number of carbonyl (C=O) groups excluding carboxylic acids is 2. The van der Waals surface area contributed by atoms with Crippen molar-refractivity contribution in [1.82, 2.24) is 9.55 Å². The van der Waals surface area contributed by atoms with Gasteiger partial charge in [0.25, 0.3) is 0 Å². The molecule has 0 spiro atoms. The minimum absolute atomic E-state index is 0. The number of nitrogens with zero attached hydrogens (tertiary/aromatic N) is 3. The maximum absolute atomic E-state index is 13.3. The van der Waals surface area contributed by atoms with Crippen molar-refractivity contribution in [2.24, 2.45) is 16.7 Å². The summed E-state index contributed by atoms with van der Waals surface area (Å²) >= 11 is 0. The van der Waals surface area contributed by atoms with Crippen LogP contribution < -0.4 is 9.47 Å². The SMILES string of the molecule is COC(=O)C(C)(C)CC(C)(CCC(C)C#N)C(=O)OCCOc1cc(C)c(-n2ccnc2-c2[c-]cc(OC)cc2)c(C)c1.[Ir]. The second-order valence-corrected chi connectivity index (χ2v) is 11.8. The van der Waals surface area contributed by atoms with Gasteiger partial charge >= 0.3 is 11.9 Å². The number of aryl methyl sites for hydroxylation is 2. The van der Waals surface area contributed by atoms with Crippen LogP contribution >= 0.6 is 0 Å². The molecule has 239 valence electrons. The molecule has 0 amide bonds. The number of methoxy groups -OCH3 is 2. The van der Waals surface area contributed by atoms with Crippen molar-refractivity contribution < 1.29 is 48.6 Å². The van der Waals surface area contributed by atoms with Crippen molar-refractivity contribution in [3.05, 3.63) is 59.9 Å². The maximum atomic E-state index is 13.3. The first kappa shape index (κ1) is 36.5. The smallest absolute Gasteiger partial charge is 0.311 e. The molecule has 1 aromatic heterocycles. The van der Waals surface area contributed by atoms with Crippen LogP contribution in [0.4, 0.5) is 0 Å². The van der Waals surface area contributed by atoms with Crippen molar-refractivity contribution in [2.45, 2.75) is 60.8 Å². The van der Waals surface area contributed by atoms with Crippen molar-refractivity contribution in [2.75, 3.05) is 27.4 Å². The molecule has 9 nitrogen and oxygen atoms in total. The van der Waals surface area contributed by atoms with E-state index in [4.69, 9.17) is 18.9 Å². The van der Waals surface area contributed by atoms with E-state index in [0.29, 0.717) is 18.6 Å². The molecule has 0 bridgehead atoms. The molecular weight excluding hydrogens is 739 g/mol. The average molecular weight is 781 g/mol. The summed E-state index contributed by atoms with van der Waals surface area (Å²) in [6.07, 6.45) is 4.82. The van der Waals surface area contributed by atoms with Gasteiger partial charge in [-0.3, -0.25) is 14.6 Å². The first-order valence-electron chi connectivity index (χ1n) is 14.3. The van der Waals surface area contributed by atoms with Gasteiger partial charge in [0.05, 0.1) is 36.9 Å². The molecule has 3 rings (SSSR count). The Kier molecular flexibility index (Phi) is 13.2. The van der Waals surface area contributed by atoms with Crippen LogP contribution in [0.25, 0.3) is 17.1 Å². The van der Waals surface area contributed by atoms with Gasteiger partial charge in [0.15, 0.2) is 0 Å². The van der Waals surface area contributed by atoms with E-state index in [2.05, 4.69) is 17.1 Å². The van der Waals surface area contributed by atoms with E-state index >= 15 is 0 Å². The van der Waals surface area contributed by atoms with E-state index in [1.807, 2.05) is 55.8 Å². The number of aromatic nitrogens is 2. The molecule has 0 aliphatic rings.